The van der Waals surface area contributed by atoms with Gasteiger partial charge in [0.2, 0.25) is 5.95 Å². The summed E-state index contributed by atoms with van der Waals surface area (Å²) in [5, 5.41) is 27.4. The van der Waals surface area contributed by atoms with Crippen LogP contribution in [-0.2, 0) is 6.18 Å². The average molecular weight is 422 g/mol. The fourth-order valence-electron chi connectivity index (χ4n) is 2.34. The van der Waals surface area contributed by atoms with Crippen molar-refractivity contribution in [2.75, 3.05) is 18.5 Å². The summed E-state index contributed by atoms with van der Waals surface area (Å²) in [6, 6.07) is 7.47. The van der Waals surface area contributed by atoms with E-state index in [1.54, 1.807) is 6.07 Å². The molecule has 1 amide bonds. The predicted octanol–water partition coefficient (Wildman–Crippen LogP) is 1.51. The van der Waals surface area contributed by atoms with Gasteiger partial charge in [-0.2, -0.15) is 18.2 Å². The van der Waals surface area contributed by atoms with Crippen LogP contribution in [0.15, 0.2) is 48.9 Å². The molecule has 2 aromatic heterocycles. The molecule has 3 rings (SSSR count). The number of hydrogen-bond acceptors (Lipinski definition) is 7. The van der Waals surface area contributed by atoms with Crippen LogP contribution in [0.5, 0.6) is 0 Å². The zero-order valence-corrected chi connectivity index (χ0v) is 15.3. The van der Waals surface area contributed by atoms with E-state index in [1.807, 2.05) is 0 Å². The van der Waals surface area contributed by atoms with E-state index in [-0.39, 0.29) is 18.2 Å². The highest BCUT2D eigenvalue weighted by Crippen LogP contribution is 2.29. The van der Waals surface area contributed by atoms with Crippen molar-refractivity contribution in [2.45, 2.75) is 12.3 Å². The van der Waals surface area contributed by atoms with Crippen molar-refractivity contribution in [3.05, 3.63) is 60.2 Å². The summed E-state index contributed by atoms with van der Waals surface area (Å²) in [6.45, 7) is -0.578. The Bertz CT molecular complexity index is 990. The van der Waals surface area contributed by atoms with Crippen LogP contribution in [0.25, 0.3) is 5.69 Å². The van der Waals surface area contributed by atoms with Gasteiger partial charge in [0, 0.05) is 6.54 Å². The second kappa shape index (κ2) is 8.88. The number of aliphatic hydroxyl groups excluding tert-OH is 2. The maximum Gasteiger partial charge on any atom is 0.416 e. The molecule has 158 valence electrons. The van der Waals surface area contributed by atoms with Crippen molar-refractivity contribution in [1.82, 2.24) is 25.1 Å². The Morgan fingerprint density at radius 2 is 1.87 bits per heavy atom. The minimum atomic E-state index is -4.41. The Morgan fingerprint density at radius 1 is 1.13 bits per heavy atom. The minimum Gasteiger partial charge on any atom is -0.394 e. The number of nitrogens with one attached hydrogen (secondary N) is 2. The van der Waals surface area contributed by atoms with Crippen LogP contribution in [0.2, 0.25) is 0 Å². The second-order valence-electron chi connectivity index (χ2n) is 6.16. The molecule has 1 unspecified atom stereocenters. The molecule has 30 heavy (non-hydrogen) atoms. The normalized spacial score (nSPS) is 12.4. The van der Waals surface area contributed by atoms with Crippen LogP contribution in [0.4, 0.5) is 24.8 Å². The molecular formula is C18H17F3N6O3. The molecule has 0 saturated carbocycles. The third-order valence-electron chi connectivity index (χ3n) is 3.91. The first kappa shape index (κ1) is 21.2. The van der Waals surface area contributed by atoms with Gasteiger partial charge in [-0.3, -0.25) is 4.79 Å². The minimum absolute atomic E-state index is 0.105. The van der Waals surface area contributed by atoms with Crippen LogP contribution in [-0.4, -0.2) is 55.1 Å². The topological polar surface area (TPSA) is 125 Å². The lowest BCUT2D eigenvalue weighted by Crippen LogP contribution is -2.34. The van der Waals surface area contributed by atoms with E-state index in [2.05, 4.69) is 25.7 Å². The Hall–Kier alpha value is -3.51. The molecule has 0 aliphatic carbocycles. The van der Waals surface area contributed by atoms with Crippen LogP contribution in [0, 0.1) is 0 Å². The van der Waals surface area contributed by atoms with Crippen LogP contribution >= 0.6 is 0 Å². The molecule has 3 aromatic rings. The van der Waals surface area contributed by atoms with Gasteiger partial charge in [0.05, 0.1) is 35.8 Å². The number of amides is 1. The first-order valence-electron chi connectivity index (χ1n) is 8.66. The SMILES string of the molecule is O=C(NCC(O)CO)c1ccc(Nc2ncn(-c3ccc(C(F)(F)F)cc3)n2)cn1. The number of nitrogens with zero attached hydrogens (tertiary/aromatic N) is 4. The molecule has 0 saturated heterocycles. The van der Waals surface area contributed by atoms with Crippen LogP contribution in [0.1, 0.15) is 16.1 Å². The Balaban J connectivity index is 1.62. The van der Waals surface area contributed by atoms with Gasteiger partial charge in [0.1, 0.15) is 12.0 Å². The first-order chi connectivity index (χ1) is 14.3. The molecule has 0 spiro atoms. The molecule has 0 radical (unpaired) electrons. The van der Waals surface area contributed by atoms with Gasteiger partial charge in [0.25, 0.3) is 5.91 Å². The van der Waals surface area contributed by atoms with Gasteiger partial charge in [0.15, 0.2) is 0 Å². The number of aromatic nitrogens is 4. The van der Waals surface area contributed by atoms with E-state index in [0.29, 0.717) is 11.4 Å². The highest BCUT2D eigenvalue weighted by atomic mass is 19.4. The fraction of sp³-hybridized carbons (Fsp3) is 0.222. The molecule has 1 atom stereocenters. The van der Waals surface area contributed by atoms with E-state index in [1.165, 1.54) is 35.4 Å². The van der Waals surface area contributed by atoms with Crippen LogP contribution < -0.4 is 10.6 Å². The zero-order valence-electron chi connectivity index (χ0n) is 15.3. The monoisotopic (exact) mass is 422 g/mol. The van der Waals surface area contributed by atoms with Crippen molar-refractivity contribution >= 4 is 17.5 Å². The van der Waals surface area contributed by atoms with Crippen LogP contribution in [0.3, 0.4) is 0 Å². The smallest absolute Gasteiger partial charge is 0.394 e. The number of pyridine rings is 1. The lowest BCUT2D eigenvalue weighted by molar-refractivity contribution is -0.137. The predicted molar refractivity (Wildman–Crippen MR) is 99.3 cm³/mol. The van der Waals surface area contributed by atoms with Crippen molar-refractivity contribution in [3.63, 3.8) is 0 Å². The largest absolute Gasteiger partial charge is 0.416 e. The Kier molecular flexibility index (Phi) is 6.28. The maximum absolute atomic E-state index is 12.6. The van der Waals surface area contributed by atoms with Gasteiger partial charge in [-0.25, -0.2) is 9.67 Å². The molecule has 0 bridgehead atoms. The number of aliphatic hydroxyl groups is 2. The van der Waals surface area contributed by atoms with Crippen molar-refractivity contribution in [3.8, 4) is 5.69 Å². The average Bonchev–Trinajstić information content (AvgIpc) is 3.20. The summed E-state index contributed by atoms with van der Waals surface area (Å²) in [7, 11) is 0. The number of rotatable bonds is 7. The van der Waals surface area contributed by atoms with E-state index in [9.17, 15) is 23.1 Å². The van der Waals surface area contributed by atoms with Gasteiger partial charge in [-0.1, -0.05) is 0 Å². The van der Waals surface area contributed by atoms with Crippen molar-refractivity contribution in [2.24, 2.45) is 0 Å². The summed E-state index contributed by atoms with van der Waals surface area (Å²) in [6.07, 6.45) is -2.76. The standard InChI is InChI=1S/C18H17F3N6O3/c19-18(20,21)11-1-4-13(5-2-11)27-10-24-17(26-27)25-12-3-6-15(22-7-12)16(30)23-8-14(29)9-28/h1-7,10,14,28-29H,8-9H2,(H,23,30)(H,25,26). The van der Waals surface area contributed by atoms with E-state index >= 15 is 0 Å². The number of benzene rings is 1. The molecule has 2 heterocycles. The second-order valence-corrected chi connectivity index (χ2v) is 6.16. The number of hydrogen-bond donors (Lipinski definition) is 4. The number of carbonyl (C=O) groups is 1. The molecule has 9 nitrogen and oxygen atoms in total. The van der Waals surface area contributed by atoms with Gasteiger partial charge < -0.3 is 20.8 Å². The van der Waals surface area contributed by atoms with E-state index in [4.69, 9.17) is 5.11 Å². The molecule has 4 N–H and O–H groups in total. The summed E-state index contributed by atoms with van der Waals surface area (Å²) in [4.78, 5) is 19.9. The first-order valence-corrected chi connectivity index (χ1v) is 8.66. The van der Waals surface area contributed by atoms with Gasteiger partial charge in [-0.15, -0.1) is 5.10 Å². The van der Waals surface area contributed by atoms with E-state index < -0.39 is 30.4 Å². The summed E-state index contributed by atoms with van der Waals surface area (Å²) < 4.78 is 39.2. The molecular weight excluding hydrogens is 405 g/mol. The fourth-order valence-corrected chi connectivity index (χ4v) is 2.34. The molecule has 0 aliphatic heterocycles. The summed E-state index contributed by atoms with van der Waals surface area (Å²) in [5.41, 5.74) is 0.227. The van der Waals surface area contributed by atoms with Gasteiger partial charge >= 0.3 is 6.18 Å². The van der Waals surface area contributed by atoms with Crippen molar-refractivity contribution in [1.29, 1.82) is 0 Å². The summed E-state index contributed by atoms with van der Waals surface area (Å²) >= 11 is 0. The molecule has 12 heteroatoms. The number of carbonyl (C=O) groups excluding carboxylic acids is 1. The number of anilines is 2. The number of halogens is 3. The summed E-state index contributed by atoms with van der Waals surface area (Å²) in [5.74, 6) is -0.335. The third kappa shape index (κ3) is 5.30. The highest BCUT2D eigenvalue weighted by Gasteiger charge is 2.30. The maximum atomic E-state index is 12.6. The third-order valence-corrected chi connectivity index (χ3v) is 3.91. The number of alkyl halides is 3. The Morgan fingerprint density at radius 3 is 2.47 bits per heavy atom. The molecule has 0 fully saturated rings. The Labute approximate surface area is 168 Å². The molecule has 0 aliphatic rings. The lowest BCUT2D eigenvalue weighted by Gasteiger charge is -2.09. The van der Waals surface area contributed by atoms with E-state index in [0.717, 1.165) is 12.1 Å². The highest BCUT2D eigenvalue weighted by molar-refractivity contribution is 5.92. The zero-order chi connectivity index (χ0) is 21.7. The quantitative estimate of drug-likeness (QED) is 0.455. The lowest BCUT2D eigenvalue weighted by atomic mass is 10.2. The molecule has 1 aromatic carbocycles. The van der Waals surface area contributed by atoms with Gasteiger partial charge in [-0.05, 0) is 36.4 Å². The van der Waals surface area contributed by atoms with Crippen molar-refractivity contribution < 1.29 is 28.2 Å².